The zero-order chi connectivity index (χ0) is 14.5. The molecular formula is C14H17N3O3. The lowest BCUT2D eigenvalue weighted by atomic mass is 10.2. The van der Waals surface area contributed by atoms with Crippen molar-refractivity contribution in [1.29, 1.82) is 0 Å². The number of benzene rings is 1. The number of anilines is 2. The molecule has 0 saturated heterocycles. The second-order valence-electron chi connectivity index (χ2n) is 4.35. The second kappa shape index (κ2) is 6.21. The van der Waals surface area contributed by atoms with Gasteiger partial charge in [0.05, 0.1) is 25.1 Å². The van der Waals surface area contributed by atoms with Crippen molar-refractivity contribution in [1.82, 2.24) is 9.97 Å². The van der Waals surface area contributed by atoms with Crippen LogP contribution in [0.3, 0.4) is 0 Å². The average molecular weight is 275 g/mol. The molecule has 2 aromatic rings. The number of aryl methyl sites for hydroxylation is 1. The molecule has 0 atom stereocenters. The van der Waals surface area contributed by atoms with Gasteiger partial charge in [-0.3, -0.25) is 9.78 Å². The predicted octanol–water partition coefficient (Wildman–Crippen LogP) is 1.98. The smallest absolute Gasteiger partial charge is 0.252 e. The van der Waals surface area contributed by atoms with Crippen molar-refractivity contribution < 1.29 is 9.47 Å². The number of rotatable bonds is 5. The van der Waals surface area contributed by atoms with Gasteiger partial charge in [0, 0.05) is 13.2 Å². The monoisotopic (exact) mass is 275 g/mol. The molecule has 0 spiro atoms. The summed E-state index contributed by atoms with van der Waals surface area (Å²) in [4.78, 5) is 18.5. The number of hydrogen-bond acceptors (Lipinski definition) is 5. The number of H-pyrrole nitrogens is 1. The summed E-state index contributed by atoms with van der Waals surface area (Å²) < 4.78 is 10.3. The van der Waals surface area contributed by atoms with Gasteiger partial charge in [0.1, 0.15) is 5.75 Å². The molecule has 0 bridgehead atoms. The Morgan fingerprint density at radius 3 is 2.80 bits per heavy atom. The molecule has 2 rings (SSSR count). The van der Waals surface area contributed by atoms with E-state index in [0.717, 1.165) is 11.3 Å². The molecule has 2 N–H and O–H groups in total. The summed E-state index contributed by atoms with van der Waals surface area (Å²) in [5.74, 6) is 1.03. The fraction of sp³-hybridized carbons (Fsp3) is 0.286. The Kier molecular flexibility index (Phi) is 4.37. The second-order valence-corrected chi connectivity index (χ2v) is 4.35. The zero-order valence-corrected chi connectivity index (χ0v) is 11.7. The van der Waals surface area contributed by atoms with E-state index in [9.17, 15) is 4.79 Å². The Morgan fingerprint density at radius 2 is 2.10 bits per heavy atom. The van der Waals surface area contributed by atoms with Crippen LogP contribution in [-0.2, 0) is 11.3 Å². The number of aromatic amines is 1. The third-order valence-corrected chi connectivity index (χ3v) is 2.69. The van der Waals surface area contributed by atoms with E-state index in [1.807, 2.05) is 25.1 Å². The molecule has 106 valence electrons. The Hall–Kier alpha value is -2.34. The van der Waals surface area contributed by atoms with Gasteiger partial charge < -0.3 is 14.8 Å². The minimum absolute atomic E-state index is 0.235. The number of methoxy groups -OCH3 is 2. The van der Waals surface area contributed by atoms with Crippen molar-refractivity contribution in [2.75, 3.05) is 19.5 Å². The maximum atomic E-state index is 11.6. The molecule has 0 fully saturated rings. The maximum Gasteiger partial charge on any atom is 0.252 e. The van der Waals surface area contributed by atoms with E-state index in [2.05, 4.69) is 15.3 Å². The minimum Gasteiger partial charge on any atom is -0.495 e. The Morgan fingerprint density at radius 1 is 1.30 bits per heavy atom. The molecule has 0 saturated carbocycles. The quantitative estimate of drug-likeness (QED) is 0.872. The van der Waals surface area contributed by atoms with Gasteiger partial charge in [-0.2, -0.15) is 0 Å². The lowest BCUT2D eigenvalue weighted by Gasteiger charge is -2.11. The molecule has 0 amide bonds. The van der Waals surface area contributed by atoms with Crippen molar-refractivity contribution in [3.8, 4) is 5.75 Å². The van der Waals surface area contributed by atoms with E-state index in [1.54, 1.807) is 14.2 Å². The highest BCUT2D eigenvalue weighted by Crippen LogP contribution is 2.27. The van der Waals surface area contributed by atoms with Crippen LogP contribution in [0.15, 0.2) is 29.1 Å². The van der Waals surface area contributed by atoms with Crippen LogP contribution >= 0.6 is 0 Å². The minimum atomic E-state index is -0.235. The fourth-order valence-electron chi connectivity index (χ4n) is 1.84. The molecule has 1 aromatic carbocycles. The van der Waals surface area contributed by atoms with Crippen LogP contribution in [0.5, 0.6) is 5.75 Å². The van der Waals surface area contributed by atoms with Crippen LogP contribution in [0.25, 0.3) is 0 Å². The zero-order valence-electron chi connectivity index (χ0n) is 11.7. The molecule has 0 aliphatic carbocycles. The average Bonchev–Trinajstić information content (AvgIpc) is 2.38. The van der Waals surface area contributed by atoms with E-state index in [0.29, 0.717) is 17.4 Å². The molecule has 0 aliphatic heterocycles. The highest BCUT2D eigenvalue weighted by molar-refractivity contribution is 5.63. The van der Waals surface area contributed by atoms with Crippen molar-refractivity contribution in [2.45, 2.75) is 13.5 Å². The summed E-state index contributed by atoms with van der Waals surface area (Å²) in [5.41, 5.74) is 2.14. The van der Waals surface area contributed by atoms with Gasteiger partial charge in [-0.1, -0.05) is 6.07 Å². The van der Waals surface area contributed by atoms with E-state index in [-0.39, 0.29) is 12.2 Å². The molecular weight excluding hydrogens is 258 g/mol. The first-order valence-corrected chi connectivity index (χ1v) is 6.13. The first-order chi connectivity index (χ1) is 9.62. The summed E-state index contributed by atoms with van der Waals surface area (Å²) in [7, 11) is 3.15. The molecule has 0 unspecified atom stereocenters. The lowest BCUT2D eigenvalue weighted by molar-refractivity contribution is 0.181. The maximum absolute atomic E-state index is 11.6. The standard InChI is InChI=1S/C14H17N3O3/c1-9-4-5-12(20-3)11(6-9)16-14-15-10(8-19-2)7-13(18)17-14/h4-7H,8H2,1-3H3,(H2,15,16,17,18). The van der Waals surface area contributed by atoms with Gasteiger partial charge in [0.25, 0.3) is 5.56 Å². The Labute approximate surface area is 116 Å². The number of hydrogen-bond donors (Lipinski definition) is 2. The van der Waals surface area contributed by atoms with Crippen LogP contribution in [0, 0.1) is 6.92 Å². The van der Waals surface area contributed by atoms with Crippen LogP contribution in [0.2, 0.25) is 0 Å². The van der Waals surface area contributed by atoms with Crippen LogP contribution in [-0.4, -0.2) is 24.2 Å². The number of aromatic nitrogens is 2. The summed E-state index contributed by atoms with van der Waals surface area (Å²) in [6.07, 6.45) is 0. The van der Waals surface area contributed by atoms with Crippen LogP contribution in [0.1, 0.15) is 11.3 Å². The van der Waals surface area contributed by atoms with E-state index in [4.69, 9.17) is 9.47 Å². The normalized spacial score (nSPS) is 10.3. The molecule has 0 aliphatic rings. The summed E-state index contributed by atoms with van der Waals surface area (Å²) in [5, 5.41) is 3.06. The molecule has 0 radical (unpaired) electrons. The summed E-state index contributed by atoms with van der Waals surface area (Å²) in [6.45, 7) is 2.26. The third-order valence-electron chi connectivity index (χ3n) is 2.69. The third kappa shape index (κ3) is 3.36. The summed E-state index contributed by atoms with van der Waals surface area (Å²) >= 11 is 0. The van der Waals surface area contributed by atoms with Gasteiger partial charge in [0.15, 0.2) is 0 Å². The highest BCUT2D eigenvalue weighted by atomic mass is 16.5. The van der Waals surface area contributed by atoms with Crippen LogP contribution < -0.4 is 15.6 Å². The van der Waals surface area contributed by atoms with Crippen molar-refractivity contribution >= 4 is 11.6 Å². The molecule has 6 heteroatoms. The highest BCUT2D eigenvalue weighted by Gasteiger charge is 2.06. The topological polar surface area (TPSA) is 76.2 Å². The Balaban J connectivity index is 2.34. The largest absolute Gasteiger partial charge is 0.495 e. The first-order valence-electron chi connectivity index (χ1n) is 6.13. The van der Waals surface area contributed by atoms with Crippen molar-refractivity contribution in [2.24, 2.45) is 0 Å². The van der Waals surface area contributed by atoms with E-state index in [1.165, 1.54) is 6.07 Å². The van der Waals surface area contributed by atoms with E-state index < -0.39 is 0 Å². The van der Waals surface area contributed by atoms with Gasteiger partial charge in [-0.25, -0.2) is 4.98 Å². The lowest BCUT2D eigenvalue weighted by Crippen LogP contribution is -2.12. The fourth-order valence-corrected chi connectivity index (χ4v) is 1.84. The molecule has 20 heavy (non-hydrogen) atoms. The van der Waals surface area contributed by atoms with Gasteiger partial charge in [0.2, 0.25) is 5.95 Å². The Bertz CT molecular complexity index is 652. The van der Waals surface area contributed by atoms with Crippen molar-refractivity contribution in [3.05, 3.63) is 45.9 Å². The molecule has 1 aromatic heterocycles. The molecule has 6 nitrogen and oxygen atoms in total. The van der Waals surface area contributed by atoms with Gasteiger partial charge in [-0.05, 0) is 24.6 Å². The number of ether oxygens (including phenoxy) is 2. The number of nitrogens with one attached hydrogen (secondary N) is 2. The van der Waals surface area contributed by atoms with Crippen LogP contribution in [0.4, 0.5) is 11.6 Å². The van der Waals surface area contributed by atoms with Gasteiger partial charge in [-0.15, -0.1) is 0 Å². The van der Waals surface area contributed by atoms with Gasteiger partial charge >= 0.3 is 0 Å². The van der Waals surface area contributed by atoms with Crippen molar-refractivity contribution in [3.63, 3.8) is 0 Å². The van der Waals surface area contributed by atoms with E-state index >= 15 is 0 Å². The predicted molar refractivity (Wildman–Crippen MR) is 76.6 cm³/mol. The number of nitrogens with zero attached hydrogens (tertiary/aromatic N) is 1. The summed E-state index contributed by atoms with van der Waals surface area (Å²) in [6, 6.07) is 7.13. The molecule has 1 heterocycles. The first kappa shape index (κ1) is 14.1. The SMILES string of the molecule is COCc1cc(=O)[nH]c(Nc2cc(C)ccc2OC)n1.